The Labute approximate surface area is 115 Å². The zero-order valence-electron chi connectivity index (χ0n) is 11.7. The SMILES string of the molecule is CCCCCc1c(C)ccc2c1[N]c1ccccc1-2. The molecule has 0 amide bonds. The predicted molar refractivity (Wildman–Crippen MR) is 81.3 cm³/mol. The molecule has 0 N–H and O–H groups in total. The third-order valence-corrected chi connectivity index (χ3v) is 3.97. The van der Waals surface area contributed by atoms with E-state index in [-0.39, 0.29) is 0 Å². The molecular formula is C18H20N. The van der Waals surface area contributed by atoms with Crippen LogP contribution in [-0.2, 0) is 6.42 Å². The van der Waals surface area contributed by atoms with E-state index in [0.717, 1.165) is 12.1 Å². The number of para-hydroxylation sites is 1. The van der Waals surface area contributed by atoms with Crippen molar-refractivity contribution in [2.75, 3.05) is 0 Å². The molecule has 1 aliphatic heterocycles. The second-order valence-electron chi connectivity index (χ2n) is 5.34. The summed E-state index contributed by atoms with van der Waals surface area (Å²) in [6.07, 6.45) is 4.99. The average molecular weight is 250 g/mol. The van der Waals surface area contributed by atoms with E-state index < -0.39 is 0 Å². The molecule has 3 rings (SSSR count). The molecule has 1 nitrogen and oxygen atoms in total. The van der Waals surface area contributed by atoms with Gasteiger partial charge in [-0.25, -0.2) is 5.32 Å². The predicted octanol–water partition coefficient (Wildman–Crippen LogP) is 5.28. The smallest absolute Gasteiger partial charge is 0.0750 e. The van der Waals surface area contributed by atoms with Crippen LogP contribution in [0.5, 0.6) is 0 Å². The summed E-state index contributed by atoms with van der Waals surface area (Å²) in [5.74, 6) is 0. The second-order valence-corrected chi connectivity index (χ2v) is 5.34. The highest BCUT2D eigenvalue weighted by Gasteiger charge is 2.22. The van der Waals surface area contributed by atoms with E-state index in [1.54, 1.807) is 0 Å². The number of rotatable bonds is 4. The molecule has 97 valence electrons. The summed E-state index contributed by atoms with van der Waals surface area (Å²) in [6, 6.07) is 12.9. The average Bonchev–Trinajstić information content (AvgIpc) is 2.80. The Morgan fingerprint density at radius 2 is 1.79 bits per heavy atom. The molecule has 0 bridgehead atoms. The van der Waals surface area contributed by atoms with Crippen LogP contribution < -0.4 is 5.32 Å². The monoisotopic (exact) mass is 250 g/mol. The van der Waals surface area contributed by atoms with Gasteiger partial charge in [-0.2, -0.15) is 0 Å². The van der Waals surface area contributed by atoms with Crippen molar-refractivity contribution < 1.29 is 0 Å². The topological polar surface area (TPSA) is 14.1 Å². The van der Waals surface area contributed by atoms with Gasteiger partial charge in [-0.3, -0.25) is 0 Å². The van der Waals surface area contributed by atoms with E-state index in [0.29, 0.717) is 0 Å². The van der Waals surface area contributed by atoms with Crippen LogP contribution >= 0.6 is 0 Å². The van der Waals surface area contributed by atoms with Crippen molar-refractivity contribution in [3.05, 3.63) is 47.5 Å². The van der Waals surface area contributed by atoms with Crippen LogP contribution in [-0.4, -0.2) is 0 Å². The van der Waals surface area contributed by atoms with Gasteiger partial charge in [0.15, 0.2) is 0 Å². The van der Waals surface area contributed by atoms with E-state index in [1.165, 1.54) is 47.2 Å². The normalized spacial score (nSPS) is 11.9. The summed E-state index contributed by atoms with van der Waals surface area (Å²) in [6.45, 7) is 4.46. The zero-order valence-corrected chi connectivity index (χ0v) is 11.7. The fraction of sp³-hybridized carbons (Fsp3) is 0.333. The van der Waals surface area contributed by atoms with E-state index in [1.807, 2.05) is 0 Å². The molecule has 0 saturated carbocycles. The van der Waals surface area contributed by atoms with E-state index >= 15 is 0 Å². The van der Waals surface area contributed by atoms with Crippen LogP contribution in [0.2, 0.25) is 0 Å². The molecule has 19 heavy (non-hydrogen) atoms. The second kappa shape index (κ2) is 5.08. The van der Waals surface area contributed by atoms with Crippen LogP contribution in [0.25, 0.3) is 11.1 Å². The molecule has 2 aromatic carbocycles. The van der Waals surface area contributed by atoms with Gasteiger partial charge < -0.3 is 0 Å². The van der Waals surface area contributed by atoms with Crippen molar-refractivity contribution in [3.8, 4) is 11.1 Å². The third-order valence-electron chi connectivity index (χ3n) is 3.97. The molecule has 0 unspecified atom stereocenters. The van der Waals surface area contributed by atoms with Gasteiger partial charge in [-0.05, 0) is 37.0 Å². The van der Waals surface area contributed by atoms with E-state index in [2.05, 4.69) is 50.2 Å². The number of nitrogens with zero attached hydrogens (tertiary/aromatic N) is 1. The van der Waals surface area contributed by atoms with Crippen LogP contribution in [0.15, 0.2) is 36.4 Å². The summed E-state index contributed by atoms with van der Waals surface area (Å²) >= 11 is 0. The minimum Gasteiger partial charge on any atom is -0.247 e. The molecule has 1 heterocycles. The molecule has 2 aromatic rings. The van der Waals surface area contributed by atoms with Crippen molar-refractivity contribution >= 4 is 11.4 Å². The van der Waals surface area contributed by atoms with Crippen LogP contribution in [0.3, 0.4) is 0 Å². The van der Waals surface area contributed by atoms with Crippen LogP contribution in [0.1, 0.15) is 37.3 Å². The lowest BCUT2D eigenvalue weighted by Gasteiger charge is -2.11. The Bertz CT molecular complexity index is 599. The number of hydrogen-bond acceptors (Lipinski definition) is 0. The molecule has 0 spiro atoms. The summed E-state index contributed by atoms with van der Waals surface area (Å²) in [5.41, 5.74) is 7.77. The lowest BCUT2D eigenvalue weighted by atomic mass is 9.95. The minimum absolute atomic E-state index is 1.12. The molecule has 1 aliphatic rings. The molecule has 0 aromatic heterocycles. The Kier molecular flexibility index (Phi) is 3.29. The largest absolute Gasteiger partial charge is 0.247 e. The summed E-state index contributed by atoms with van der Waals surface area (Å²) < 4.78 is 0. The van der Waals surface area contributed by atoms with Crippen LogP contribution in [0, 0.1) is 6.92 Å². The standard InChI is InChI=1S/C18H20N/c1-3-4-5-8-14-13(2)11-12-16-15-9-6-7-10-17(15)19-18(14)16/h6-7,9-12H,3-5,8H2,1-2H3. The number of hydrogen-bond donors (Lipinski definition) is 0. The lowest BCUT2D eigenvalue weighted by Crippen LogP contribution is -1.95. The molecule has 0 saturated heterocycles. The van der Waals surface area contributed by atoms with E-state index in [9.17, 15) is 0 Å². The number of benzene rings is 2. The maximum Gasteiger partial charge on any atom is 0.0750 e. The Hall–Kier alpha value is -1.76. The Morgan fingerprint density at radius 1 is 0.947 bits per heavy atom. The molecule has 0 aliphatic carbocycles. The van der Waals surface area contributed by atoms with Gasteiger partial charge in [-0.1, -0.05) is 50.1 Å². The van der Waals surface area contributed by atoms with Crippen LogP contribution in [0.4, 0.5) is 11.4 Å². The summed E-state index contributed by atoms with van der Waals surface area (Å²) in [7, 11) is 0. The molecule has 0 fully saturated rings. The van der Waals surface area contributed by atoms with Gasteiger partial charge in [0.1, 0.15) is 0 Å². The molecule has 1 radical (unpaired) electrons. The number of unbranched alkanes of at least 4 members (excludes halogenated alkanes) is 2. The Balaban J connectivity index is 2.00. The lowest BCUT2D eigenvalue weighted by molar-refractivity contribution is 0.715. The van der Waals surface area contributed by atoms with Gasteiger partial charge in [0, 0.05) is 11.1 Å². The first kappa shape index (κ1) is 12.3. The van der Waals surface area contributed by atoms with Gasteiger partial charge >= 0.3 is 0 Å². The summed E-state index contributed by atoms with van der Waals surface area (Å²) in [5, 5.41) is 4.85. The molecule has 0 atom stereocenters. The number of fused-ring (bicyclic) bond motifs is 3. The van der Waals surface area contributed by atoms with Gasteiger partial charge in [-0.15, -0.1) is 0 Å². The van der Waals surface area contributed by atoms with E-state index in [4.69, 9.17) is 5.32 Å². The van der Waals surface area contributed by atoms with Gasteiger partial charge in [0.05, 0.1) is 11.4 Å². The Morgan fingerprint density at radius 3 is 2.63 bits per heavy atom. The van der Waals surface area contributed by atoms with Crippen molar-refractivity contribution in [1.29, 1.82) is 0 Å². The van der Waals surface area contributed by atoms with Crippen molar-refractivity contribution in [1.82, 2.24) is 5.32 Å². The highest BCUT2D eigenvalue weighted by Crippen LogP contribution is 2.45. The molecular weight excluding hydrogens is 230 g/mol. The fourth-order valence-electron chi connectivity index (χ4n) is 2.87. The summed E-state index contributed by atoms with van der Waals surface area (Å²) in [4.78, 5) is 0. The molecule has 1 heteroatoms. The fourth-order valence-corrected chi connectivity index (χ4v) is 2.87. The van der Waals surface area contributed by atoms with Crippen molar-refractivity contribution in [2.45, 2.75) is 39.5 Å². The van der Waals surface area contributed by atoms with Crippen molar-refractivity contribution in [3.63, 3.8) is 0 Å². The maximum absolute atomic E-state index is 4.85. The van der Waals surface area contributed by atoms with Gasteiger partial charge in [0.2, 0.25) is 0 Å². The first-order valence-corrected chi connectivity index (χ1v) is 7.25. The zero-order chi connectivity index (χ0) is 13.2. The quantitative estimate of drug-likeness (QED) is 0.560. The van der Waals surface area contributed by atoms with Gasteiger partial charge in [0.25, 0.3) is 0 Å². The number of aryl methyl sites for hydroxylation is 1. The first-order valence-electron chi connectivity index (χ1n) is 7.25. The minimum atomic E-state index is 1.12. The highest BCUT2D eigenvalue weighted by molar-refractivity contribution is 5.92. The first-order chi connectivity index (χ1) is 9.31. The maximum atomic E-state index is 4.85. The third kappa shape index (κ3) is 2.14. The highest BCUT2D eigenvalue weighted by atomic mass is 14.9. The van der Waals surface area contributed by atoms with Crippen molar-refractivity contribution in [2.24, 2.45) is 0 Å².